The van der Waals surface area contributed by atoms with E-state index >= 15 is 0 Å². The summed E-state index contributed by atoms with van der Waals surface area (Å²) >= 11 is 5.75. The maximum Gasteiger partial charge on any atom is 0.333 e. The second kappa shape index (κ2) is 7.00. The molecule has 1 heterocycles. The number of hydrogen-bond acceptors (Lipinski definition) is 2. The van der Waals surface area contributed by atoms with Crippen LogP contribution in [0.3, 0.4) is 0 Å². The van der Waals surface area contributed by atoms with Crippen molar-refractivity contribution >= 4 is 21.9 Å². The van der Waals surface area contributed by atoms with Crippen LogP contribution in [0, 0.1) is 0 Å². The van der Waals surface area contributed by atoms with Gasteiger partial charge < -0.3 is 0 Å². The lowest BCUT2D eigenvalue weighted by atomic mass is 10.1. The molecule has 0 aliphatic rings. The van der Waals surface area contributed by atoms with Crippen LogP contribution < -0.4 is 9.29 Å². The fourth-order valence-electron chi connectivity index (χ4n) is 1.90. The van der Waals surface area contributed by atoms with E-state index in [2.05, 4.69) is 0 Å². The van der Waals surface area contributed by atoms with Crippen LogP contribution >= 0.6 is 11.6 Å². The number of pyridine rings is 1. The first kappa shape index (κ1) is 15.9. The smallest absolute Gasteiger partial charge is 0.273 e. The van der Waals surface area contributed by atoms with Gasteiger partial charge in [0.25, 0.3) is 0 Å². The zero-order valence-electron chi connectivity index (χ0n) is 11.2. The second-order valence-electron chi connectivity index (χ2n) is 4.63. The summed E-state index contributed by atoms with van der Waals surface area (Å²) in [6, 6.07) is 11.6. The van der Waals surface area contributed by atoms with Crippen LogP contribution in [0.4, 0.5) is 0 Å². The molecule has 7 heteroatoms. The van der Waals surface area contributed by atoms with Crippen LogP contribution in [0.2, 0.25) is 0 Å². The molecular weight excluding hydrogens is 312 g/mol. The number of hydrogen-bond donors (Lipinski definition) is 2. The van der Waals surface area contributed by atoms with Gasteiger partial charge in [-0.2, -0.15) is 13.1 Å². The van der Waals surface area contributed by atoms with Gasteiger partial charge >= 0.3 is 10.3 Å². The number of aromatic nitrogens is 1. The normalized spacial score (nSPS) is 11.5. The molecule has 0 saturated carbocycles. The highest BCUT2D eigenvalue weighted by molar-refractivity contribution is 7.83. The summed E-state index contributed by atoms with van der Waals surface area (Å²) in [6.07, 6.45) is 3.72. The number of rotatable bonds is 6. The monoisotopic (exact) mass is 327 g/mol. The fourth-order valence-corrected chi connectivity index (χ4v) is 2.43. The summed E-state index contributed by atoms with van der Waals surface area (Å²) in [7, 11) is -4.17. The molecule has 0 saturated heterocycles. The third kappa shape index (κ3) is 5.43. The highest BCUT2D eigenvalue weighted by Gasteiger charge is 2.07. The Balaban J connectivity index is 2.06. The standard InChI is InChI=1S/C14H15ClN2O3S/c15-8-12-3-5-13(6-4-12)10-17-7-1-2-14(11-17)9-16-21(18,19)20/h1-7,11,16H,8-10H2/p+1. The highest BCUT2D eigenvalue weighted by atomic mass is 35.5. The summed E-state index contributed by atoms with van der Waals surface area (Å²) < 4.78 is 34.0. The Kier molecular flexibility index (Phi) is 5.30. The number of benzene rings is 1. The topological polar surface area (TPSA) is 70.3 Å². The lowest BCUT2D eigenvalue weighted by Crippen LogP contribution is -2.34. The molecule has 0 unspecified atom stereocenters. The fraction of sp³-hybridized carbons (Fsp3) is 0.214. The Bertz CT molecular complexity index is 702. The number of nitrogens with one attached hydrogen (secondary N) is 1. The van der Waals surface area contributed by atoms with Crippen molar-refractivity contribution in [1.29, 1.82) is 0 Å². The molecule has 0 spiro atoms. The van der Waals surface area contributed by atoms with E-state index in [-0.39, 0.29) is 6.54 Å². The van der Waals surface area contributed by atoms with E-state index in [4.69, 9.17) is 16.2 Å². The van der Waals surface area contributed by atoms with E-state index in [1.54, 1.807) is 6.07 Å². The third-order valence-electron chi connectivity index (χ3n) is 2.92. The average Bonchev–Trinajstić information content (AvgIpc) is 2.46. The predicted molar refractivity (Wildman–Crippen MR) is 80.1 cm³/mol. The Hall–Kier alpha value is -1.47. The molecule has 0 atom stereocenters. The van der Waals surface area contributed by atoms with Crippen molar-refractivity contribution in [3.63, 3.8) is 0 Å². The SMILES string of the molecule is O=S(=O)(O)NCc1ccc[n+](Cc2ccc(CCl)cc2)c1. The van der Waals surface area contributed by atoms with Crippen molar-refractivity contribution in [3.8, 4) is 0 Å². The first-order chi connectivity index (χ1) is 9.96. The summed E-state index contributed by atoms with van der Waals surface area (Å²) in [5.41, 5.74) is 2.94. The Morgan fingerprint density at radius 3 is 2.38 bits per heavy atom. The minimum absolute atomic E-state index is 0.0465. The Morgan fingerprint density at radius 2 is 1.76 bits per heavy atom. The van der Waals surface area contributed by atoms with Crippen molar-refractivity contribution in [2.45, 2.75) is 19.0 Å². The molecule has 0 radical (unpaired) electrons. The number of nitrogens with zero attached hydrogens (tertiary/aromatic N) is 1. The van der Waals surface area contributed by atoms with Crippen LogP contribution in [0.5, 0.6) is 0 Å². The summed E-state index contributed by atoms with van der Waals surface area (Å²) in [6.45, 7) is 0.715. The summed E-state index contributed by atoms with van der Waals surface area (Å²) in [5.74, 6) is 0.490. The van der Waals surface area contributed by atoms with Crippen molar-refractivity contribution in [3.05, 3.63) is 65.5 Å². The number of halogens is 1. The van der Waals surface area contributed by atoms with E-state index in [1.807, 2.05) is 52.0 Å². The van der Waals surface area contributed by atoms with Crippen LogP contribution in [-0.2, 0) is 29.3 Å². The quantitative estimate of drug-likeness (QED) is 0.481. The molecule has 112 valence electrons. The molecule has 2 rings (SSSR count). The van der Waals surface area contributed by atoms with Crippen molar-refractivity contribution in [2.24, 2.45) is 0 Å². The molecule has 1 aromatic heterocycles. The van der Waals surface area contributed by atoms with Crippen molar-refractivity contribution in [1.82, 2.24) is 4.72 Å². The van der Waals surface area contributed by atoms with Gasteiger partial charge in [-0.3, -0.25) is 4.55 Å². The zero-order chi connectivity index (χ0) is 15.3. The van der Waals surface area contributed by atoms with Gasteiger partial charge in [-0.15, -0.1) is 11.6 Å². The van der Waals surface area contributed by atoms with E-state index in [0.717, 1.165) is 16.7 Å². The van der Waals surface area contributed by atoms with Crippen LogP contribution in [0.1, 0.15) is 16.7 Å². The molecule has 0 aliphatic heterocycles. The van der Waals surface area contributed by atoms with Gasteiger partial charge in [0.05, 0.1) is 0 Å². The largest absolute Gasteiger partial charge is 0.333 e. The van der Waals surface area contributed by atoms with E-state index in [9.17, 15) is 8.42 Å². The molecule has 2 N–H and O–H groups in total. The Morgan fingerprint density at radius 1 is 1.10 bits per heavy atom. The van der Waals surface area contributed by atoms with Crippen LogP contribution in [-0.4, -0.2) is 13.0 Å². The van der Waals surface area contributed by atoms with Gasteiger partial charge in [0.1, 0.15) is 0 Å². The molecule has 0 amide bonds. The molecule has 0 aliphatic carbocycles. The van der Waals surface area contributed by atoms with Gasteiger partial charge in [0.15, 0.2) is 18.9 Å². The maximum absolute atomic E-state index is 10.7. The molecular formula is C14H16ClN2O3S+. The Labute approximate surface area is 129 Å². The summed E-state index contributed by atoms with van der Waals surface area (Å²) in [5, 5.41) is 0. The summed E-state index contributed by atoms with van der Waals surface area (Å²) in [4.78, 5) is 0. The predicted octanol–water partition coefficient (Wildman–Crippen LogP) is 1.65. The van der Waals surface area contributed by atoms with Gasteiger partial charge in [0, 0.05) is 29.6 Å². The first-order valence-electron chi connectivity index (χ1n) is 6.30. The lowest BCUT2D eigenvalue weighted by Gasteiger charge is -2.03. The van der Waals surface area contributed by atoms with Crippen molar-refractivity contribution in [2.75, 3.05) is 0 Å². The first-order valence-corrected chi connectivity index (χ1v) is 8.27. The van der Waals surface area contributed by atoms with E-state index in [0.29, 0.717) is 12.4 Å². The zero-order valence-corrected chi connectivity index (χ0v) is 12.8. The molecule has 5 nitrogen and oxygen atoms in total. The van der Waals surface area contributed by atoms with Gasteiger partial charge in [0.2, 0.25) is 0 Å². The molecule has 1 aromatic carbocycles. The molecule has 0 bridgehead atoms. The van der Waals surface area contributed by atoms with E-state index in [1.165, 1.54) is 0 Å². The van der Waals surface area contributed by atoms with Gasteiger partial charge in [-0.1, -0.05) is 24.3 Å². The molecule has 2 aromatic rings. The third-order valence-corrected chi connectivity index (χ3v) is 3.74. The lowest BCUT2D eigenvalue weighted by molar-refractivity contribution is -0.688. The average molecular weight is 328 g/mol. The molecule has 0 fully saturated rings. The van der Waals surface area contributed by atoms with Crippen LogP contribution in [0.25, 0.3) is 0 Å². The van der Waals surface area contributed by atoms with Gasteiger partial charge in [-0.25, -0.2) is 4.57 Å². The minimum Gasteiger partial charge on any atom is -0.273 e. The molecule has 21 heavy (non-hydrogen) atoms. The van der Waals surface area contributed by atoms with Crippen LogP contribution in [0.15, 0.2) is 48.8 Å². The minimum atomic E-state index is -4.17. The van der Waals surface area contributed by atoms with Crippen molar-refractivity contribution < 1.29 is 17.5 Å². The number of alkyl halides is 1. The van der Waals surface area contributed by atoms with E-state index < -0.39 is 10.3 Å². The maximum atomic E-state index is 10.7. The van der Waals surface area contributed by atoms with Gasteiger partial charge in [-0.05, 0) is 11.6 Å². The second-order valence-corrected chi connectivity index (χ2v) is 6.14. The highest BCUT2D eigenvalue weighted by Crippen LogP contribution is 2.06.